The average Bonchev–Trinajstić information content (AvgIpc) is 2.67. The molecule has 1 fully saturated rings. The predicted molar refractivity (Wildman–Crippen MR) is 91.8 cm³/mol. The zero-order valence-electron chi connectivity index (χ0n) is 14.5. The fourth-order valence-corrected chi connectivity index (χ4v) is 2.70. The topological polar surface area (TPSA) is 60.5 Å². The van der Waals surface area contributed by atoms with Crippen molar-refractivity contribution in [3.8, 4) is 5.88 Å². The molecule has 1 atom stereocenters. The zero-order chi connectivity index (χ0) is 19.3. The first-order chi connectivity index (χ1) is 12.9. The Balaban J connectivity index is 1.56. The lowest BCUT2D eigenvalue weighted by Gasteiger charge is -2.24. The monoisotopic (exact) mass is 380 g/mol. The highest BCUT2D eigenvalue weighted by Crippen LogP contribution is 2.20. The van der Waals surface area contributed by atoms with E-state index in [1.54, 1.807) is 0 Å². The molecule has 1 aliphatic rings. The Morgan fingerprint density at radius 1 is 1.22 bits per heavy atom. The molecule has 0 aliphatic carbocycles. The number of rotatable bonds is 6. The number of aromatic nitrogens is 1. The van der Waals surface area contributed by atoms with Crippen molar-refractivity contribution in [2.75, 3.05) is 26.3 Å². The second kappa shape index (κ2) is 8.49. The standard InChI is InChI=1S/C19H19F3N2O3/c20-19(21,22)12-27-18-6-5-15(10-24-18)16(25)9-13-1-3-14(4-2-13)17-11-23-7-8-26-17/h1-6,10,17,23H,7-9,11-12H2/t17-/m0/s1. The lowest BCUT2D eigenvalue weighted by atomic mass is 10.0. The van der Waals surface area contributed by atoms with Gasteiger partial charge in [0.25, 0.3) is 0 Å². The maximum absolute atomic E-state index is 12.3. The van der Waals surface area contributed by atoms with Crippen LogP contribution in [0.4, 0.5) is 13.2 Å². The summed E-state index contributed by atoms with van der Waals surface area (Å²) in [5.41, 5.74) is 2.20. The summed E-state index contributed by atoms with van der Waals surface area (Å²) in [6.07, 6.45) is -3.02. The van der Waals surface area contributed by atoms with Gasteiger partial charge in [0.15, 0.2) is 12.4 Å². The van der Waals surface area contributed by atoms with E-state index in [2.05, 4.69) is 15.0 Å². The van der Waals surface area contributed by atoms with Crippen molar-refractivity contribution in [3.63, 3.8) is 0 Å². The molecule has 1 aromatic heterocycles. The third-order valence-corrected chi connectivity index (χ3v) is 4.09. The smallest absolute Gasteiger partial charge is 0.422 e. The van der Waals surface area contributed by atoms with Crippen LogP contribution >= 0.6 is 0 Å². The molecule has 27 heavy (non-hydrogen) atoms. The van der Waals surface area contributed by atoms with Gasteiger partial charge in [-0.3, -0.25) is 4.79 Å². The van der Waals surface area contributed by atoms with Gasteiger partial charge < -0.3 is 14.8 Å². The Hall–Kier alpha value is -2.45. The first-order valence-corrected chi connectivity index (χ1v) is 8.51. The van der Waals surface area contributed by atoms with Crippen LogP contribution < -0.4 is 10.1 Å². The molecule has 1 aromatic carbocycles. The van der Waals surface area contributed by atoms with Crippen LogP contribution in [-0.4, -0.2) is 43.2 Å². The van der Waals surface area contributed by atoms with Crippen molar-refractivity contribution in [2.24, 2.45) is 0 Å². The Bertz CT molecular complexity index is 755. The largest absolute Gasteiger partial charge is 0.468 e. The Morgan fingerprint density at radius 3 is 2.59 bits per heavy atom. The summed E-state index contributed by atoms with van der Waals surface area (Å²) in [4.78, 5) is 16.1. The third-order valence-electron chi connectivity index (χ3n) is 4.09. The summed E-state index contributed by atoms with van der Waals surface area (Å²) in [6.45, 7) is 0.852. The molecule has 3 rings (SSSR count). The van der Waals surface area contributed by atoms with Crippen molar-refractivity contribution < 1.29 is 27.4 Å². The van der Waals surface area contributed by atoms with Gasteiger partial charge in [-0.15, -0.1) is 0 Å². The molecule has 0 bridgehead atoms. The molecule has 5 nitrogen and oxygen atoms in total. The molecule has 0 saturated carbocycles. The van der Waals surface area contributed by atoms with E-state index in [1.165, 1.54) is 18.3 Å². The van der Waals surface area contributed by atoms with Crippen molar-refractivity contribution in [1.29, 1.82) is 0 Å². The third kappa shape index (κ3) is 5.77. The number of carbonyl (C=O) groups excluding carboxylic acids is 1. The minimum absolute atomic E-state index is 0.0111. The van der Waals surface area contributed by atoms with Crippen molar-refractivity contribution in [2.45, 2.75) is 18.7 Å². The van der Waals surface area contributed by atoms with E-state index in [1.807, 2.05) is 24.3 Å². The number of hydrogen-bond donors (Lipinski definition) is 1. The van der Waals surface area contributed by atoms with Crippen LogP contribution in [0.3, 0.4) is 0 Å². The van der Waals surface area contributed by atoms with E-state index < -0.39 is 12.8 Å². The molecule has 0 spiro atoms. The molecule has 2 aromatic rings. The van der Waals surface area contributed by atoms with Gasteiger partial charge in [0.1, 0.15) is 0 Å². The van der Waals surface area contributed by atoms with Gasteiger partial charge >= 0.3 is 6.18 Å². The fourth-order valence-electron chi connectivity index (χ4n) is 2.70. The molecule has 2 heterocycles. The van der Waals surface area contributed by atoms with Gasteiger partial charge in [-0.1, -0.05) is 24.3 Å². The minimum atomic E-state index is -4.43. The lowest BCUT2D eigenvalue weighted by molar-refractivity contribution is -0.154. The number of nitrogens with one attached hydrogen (secondary N) is 1. The number of nitrogens with zero attached hydrogens (tertiary/aromatic N) is 1. The number of morpholine rings is 1. The average molecular weight is 380 g/mol. The van der Waals surface area contributed by atoms with Gasteiger partial charge in [0.05, 0.1) is 12.7 Å². The molecule has 0 amide bonds. The molecule has 1 N–H and O–H groups in total. The Morgan fingerprint density at radius 2 is 2.00 bits per heavy atom. The van der Waals surface area contributed by atoms with Crippen LogP contribution in [0.5, 0.6) is 5.88 Å². The second-order valence-corrected chi connectivity index (χ2v) is 6.19. The fraction of sp³-hybridized carbons (Fsp3) is 0.368. The highest BCUT2D eigenvalue weighted by molar-refractivity contribution is 5.97. The summed E-state index contributed by atoms with van der Waals surface area (Å²) in [5, 5.41) is 3.26. The molecule has 1 saturated heterocycles. The van der Waals surface area contributed by atoms with Crippen LogP contribution in [0, 0.1) is 0 Å². The highest BCUT2D eigenvalue weighted by Gasteiger charge is 2.28. The van der Waals surface area contributed by atoms with E-state index in [9.17, 15) is 18.0 Å². The zero-order valence-corrected chi connectivity index (χ0v) is 14.5. The number of halogens is 3. The summed E-state index contributed by atoms with van der Waals surface area (Å²) in [7, 11) is 0. The number of alkyl halides is 3. The molecule has 1 aliphatic heterocycles. The molecular formula is C19H19F3N2O3. The van der Waals surface area contributed by atoms with E-state index >= 15 is 0 Å². The number of carbonyl (C=O) groups is 1. The van der Waals surface area contributed by atoms with Crippen molar-refractivity contribution in [3.05, 3.63) is 59.3 Å². The summed E-state index contributed by atoms with van der Waals surface area (Å²) in [6, 6.07) is 10.3. The van der Waals surface area contributed by atoms with Crippen LogP contribution in [0.15, 0.2) is 42.6 Å². The maximum Gasteiger partial charge on any atom is 0.422 e. The molecule has 0 unspecified atom stereocenters. The molecule has 0 radical (unpaired) electrons. The summed E-state index contributed by atoms with van der Waals surface area (Å²) >= 11 is 0. The normalized spacial score (nSPS) is 17.5. The number of Topliss-reactive ketones (excluding diaryl/α,β-unsaturated/α-hetero) is 1. The van der Waals surface area contributed by atoms with Crippen LogP contribution in [0.25, 0.3) is 0 Å². The number of hydrogen-bond acceptors (Lipinski definition) is 5. The first-order valence-electron chi connectivity index (χ1n) is 8.51. The summed E-state index contributed by atoms with van der Waals surface area (Å²) < 4.78 is 46.6. The number of benzene rings is 1. The van der Waals surface area contributed by atoms with E-state index in [4.69, 9.17) is 4.74 Å². The van der Waals surface area contributed by atoms with Gasteiger partial charge in [0, 0.05) is 37.3 Å². The van der Waals surface area contributed by atoms with E-state index in [0.29, 0.717) is 12.2 Å². The van der Waals surface area contributed by atoms with Gasteiger partial charge in [0.2, 0.25) is 5.88 Å². The summed E-state index contributed by atoms with van der Waals surface area (Å²) in [5.74, 6) is -0.345. The quantitative estimate of drug-likeness (QED) is 0.781. The number of ketones is 1. The predicted octanol–water partition coefficient (Wildman–Crippen LogP) is 3.11. The van der Waals surface area contributed by atoms with Gasteiger partial charge in [-0.2, -0.15) is 13.2 Å². The van der Waals surface area contributed by atoms with Crippen LogP contribution in [0.1, 0.15) is 27.6 Å². The van der Waals surface area contributed by atoms with Gasteiger partial charge in [-0.05, 0) is 17.2 Å². The maximum atomic E-state index is 12.3. The number of ether oxygens (including phenoxy) is 2. The SMILES string of the molecule is O=C(Cc1ccc([C@@H]2CNCCO2)cc1)c1ccc(OCC(F)(F)F)nc1. The van der Waals surface area contributed by atoms with Crippen LogP contribution in [-0.2, 0) is 11.2 Å². The van der Waals surface area contributed by atoms with Crippen molar-refractivity contribution in [1.82, 2.24) is 10.3 Å². The van der Waals surface area contributed by atoms with E-state index in [-0.39, 0.29) is 24.2 Å². The van der Waals surface area contributed by atoms with Crippen LogP contribution in [0.2, 0.25) is 0 Å². The number of pyridine rings is 1. The van der Waals surface area contributed by atoms with Gasteiger partial charge in [-0.25, -0.2) is 4.98 Å². The molecular weight excluding hydrogens is 361 g/mol. The Kier molecular flexibility index (Phi) is 6.08. The molecule has 8 heteroatoms. The second-order valence-electron chi connectivity index (χ2n) is 6.19. The van der Waals surface area contributed by atoms with Crippen molar-refractivity contribution >= 4 is 5.78 Å². The highest BCUT2D eigenvalue weighted by atomic mass is 19.4. The first kappa shape index (κ1) is 19.3. The van der Waals surface area contributed by atoms with E-state index in [0.717, 1.165) is 24.2 Å². The minimum Gasteiger partial charge on any atom is -0.468 e. The lowest BCUT2D eigenvalue weighted by Crippen LogP contribution is -2.33. The Labute approximate surface area is 154 Å². The molecule has 144 valence electrons.